The van der Waals surface area contributed by atoms with Gasteiger partial charge < -0.3 is 20.4 Å². The summed E-state index contributed by atoms with van der Waals surface area (Å²) in [6.45, 7) is 5.65. The van der Waals surface area contributed by atoms with E-state index < -0.39 is 17.7 Å². The summed E-state index contributed by atoms with van der Waals surface area (Å²) in [5, 5.41) is 12.1. The summed E-state index contributed by atoms with van der Waals surface area (Å²) in [6, 6.07) is 9.18. The summed E-state index contributed by atoms with van der Waals surface area (Å²) >= 11 is 0. The Balaban J connectivity index is 2.00. The van der Waals surface area contributed by atoms with E-state index in [1.807, 2.05) is 32.9 Å². The molecule has 3 aromatic rings. The molecule has 3 rings (SSSR count). The topological polar surface area (TPSA) is 132 Å². The first-order valence-electron chi connectivity index (χ1n) is 9.34. The fourth-order valence-electron chi connectivity index (χ4n) is 2.83. The quantitative estimate of drug-likeness (QED) is 0.577. The van der Waals surface area contributed by atoms with Crippen LogP contribution < -0.4 is 11.1 Å². The average Bonchev–Trinajstić information content (AvgIpc) is 3.21. The van der Waals surface area contributed by atoms with E-state index >= 15 is 0 Å². The second-order valence-electron chi connectivity index (χ2n) is 7.62. The molecule has 0 bridgehead atoms. The number of primary amides is 1. The Labute approximate surface area is 174 Å². The number of benzene rings is 1. The zero-order chi connectivity index (χ0) is 21.7. The standard InChI is InChI=1S/C21H23N7O2/c1-21(2,3)30-18(10-17(23)29)26-20-25-12-16(28-9-8-24-13-28)19(27-20)15-6-4-14(11-22)5-7-15/h4-9,12-13,18H,10H2,1-3H3,(H2,23,29)(H,25,26,27). The smallest absolute Gasteiger partial charge is 0.225 e. The van der Waals surface area contributed by atoms with Gasteiger partial charge in [0, 0.05) is 18.0 Å². The second kappa shape index (κ2) is 8.71. The molecule has 1 aromatic carbocycles. The molecular formula is C21H23N7O2. The van der Waals surface area contributed by atoms with Gasteiger partial charge in [0.2, 0.25) is 11.9 Å². The van der Waals surface area contributed by atoms with Gasteiger partial charge in [-0.15, -0.1) is 0 Å². The minimum atomic E-state index is -0.685. The van der Waals surface area contributed by atoms with Gasteiger partial charge in [-0.05, 0) is 32.9 Å². The number of hydrogen-bond acceptors (Lipinski definition) is 7. The van der Waals surface area contributed by atoms with Crippen LogP contribution in [0.4, 0.5) is 5.95 Å². The van der Waals surface area contributed by atoms with Gasteiger partial charge in [-0.3, -0.25) is 4.79 Å². The Hall–Kier alpha value is -3.77. The Morgan fingerprint density at radius 1 is 1.33 bits per heavy atom. The number of nitrogens with two attached hydrogens (primary N) is 1. The van der Waals surface area contributed by atoms with Crippen molar-refractivity contribution in [3.63, 3.8) is 0 Å². The first-order valence-corrected chi connectivity index (χ1v) is 9.34. The molecular weight excluding hydrogens is 382 g/mol. The van der Waals surface area contributed by atoms with Crippen LogP contribution >= 0.6 is 0 Å². The Bertz CT molecular complexity index is 1050. The monoisotopic (exact) mass is 405 g/mol. The number of imidazole rings is 1. The highest BCUT2D eigenvalue weighted by molar-refractivity contribution is 5.75. The van der Waals surface area contributed by atoms with Gasteiger partial charge in [-0.25, -0.2) is 15.0 Å². The normalized spacial score (nSPS) is 12.2. The summed E-state index contributed by atoms with van der Waals surface area (Å²) in [5.74, 6) is -0.215. The van der Waals surface area contributed by atoms with Crippen LogP contribution in [0.3, 0.4) is 0 Å². The van der Waals surface area contributed by atoms with Crippen molar-refractivity contribution in [2.45, 2.75) is 39.0 Å². The lowest BCUT2D eigenvalue weighted by atomic mass is 10.1. The minimum Gasteiger partial charge on any atom is -0.370 e. The number of amides is 1. The van der Waals surface area contributed by atoms with Gasteiger partial charge in [0.1, 0.15) is 6.23 Å². The summed E-state index contributed by atoms with van der Waals surface area (Å²) in [5.41, 5.74) is 7.56. The fourth-order valence-corrected chi connectivity index (χ4v) is 2.83. The van der Waals surface area contributed by atoms with Gasteiger partial charge in [-0.1, -0.05) is 12.1 Å². The molecule has 3 N–H and O–H groups in total. The molecule has 1 unspecified atom stereocenters. The van der Waals surface area contributed by atoms with Crippen molar-refractivity contribution in [3.05, 3.63) is 54.7 Å². The van der Waals surface area contributed by atoms with E-state index in [2.05, 4.69) is 26.3 Å². The number of ether oxygens (including phenoxy) is 1. The van der Waals surface area contributed by atoms with Crippen molar-refractivity contribution < 1.29 is 9.53 Å². The van der Waals surface area contributed by atoms with E-state index in [0.29, 0.717) is 16.9 Å². The summed E-state index contributed by atoms with van der Waals surface area (Å²) < 4.78 is 7.68. The van der Waals surface area contributed by atoms with E-state index in [0.717, 1.165) is 5.56 Å². The zero-order valence-electron chi connectivity index (χ0n) is 17.0. The van der Waals surface area contributed by atoms with Crippen LogP contribution in [0.2, 0.25) is 0 Å². The van der Waals surface area contributed by atoms with Crippen molar-refractivity contribution in [1.82, 2.24) is 19.5 Å². The molecule has 0 spiro atoms. The third-order valence-electron chi connectivity index (χ3n) is 4.01. The number of carbonyl (C=O) groups excluding carboxylic acids is 1. The molecule has 0 saturated heterocycles. The summed E-state index contributed by atoms with van der Waals surface area (Å²) in [7, 11) is 0. The van der Waals surface area contributed by atoms with Crippen LogP contribution in [0.5, 0.6) is 0 Å². The number of nitrogens with zero attached hydrogens (tertiary/aromatic N) is 5. The largest absolute Gasteiger partial charge is 0.370 e. The predicted octanol–water partition coefficient (Wildman–Crippen LogP) is 2.63. The minimum absolute atomic E-state index is 0.0316. The van der Waals surface area contributed by atoms with Gasteiger partial charge in [-0.2, -0.15) is 5.26 Å². The van der Waals surface area contributed by atoms with Gasteiger partial charge in [0.05, 0.1) is 47.6 Å². The van der Waals surface area contributed by atoms with Crippen LogP contribution in [0.25, 0.3) is 16.9 Å². The van der Waals surface area contributed by atoms with E-state index in [9.17, 15) is 4.79 Å². The number of nitrogens with one attached hydrogen (secondary N) is 1. The van der Waals surface area contributed by atoms with Crippen molar-refractivity contribution in [1.29, 1.82) is 5.26 Å². The van der Waals surface area contributed by atoms with Crippen molar-refractivity contribution in [3.8, 4) is 23.0 Å². The molecule has 9 heteroatoms. The van der Waals surface area contributed by atoms with E-state index in [4.69, 9.17) is 15.7 Å². The number of hydrogen-bond donors (Lipinski definition) is 2. The molecule has 0 saturated carbocycles. The maximum absolute atomic E-state index is 11.5. The molecule has 30 heavy (non-hydrogen) atoms. The molecule has 0 aliphatic rings. The van der Waals surface area contributed by atoms with Crippen LogP contribution in [0.15, 0.2) is 49.2 Å². The summed E-state index contributed by atoms with van der Waals surface area (Å²) in [4.78, 5) is 24.6. The third-order valence-corrected chi connectivity index (χ3v) is 4.01. The van der Waals surface area contributed by atoms with Gasteiger partial charge in [0.15, 0.2) is 0 Å². The fraction of sp³-hybridized carbons (Fsp3) is 0.286. The van der Waals surface area contributed by atoms with Crippen LogP contribution in [-0.2, 0) is 9.53 Å². The molecule has 1 amide bonds. The van der Waals surface area contributed by atoms with E-state index in [1.165, 1.54) is 0 Å². The molecule has 2 aromatic heterocycles. The van der Waals surface area contributed by atoms with Crippen molar-refractivity contribution in [2.24, 2.45) is 5.73 Å². The number of carbonyl (C=O) groups is 1. The molecule has 0 aliphatic carbocycles. The first kappa shape index (κ1) is 21.0. The number of rotatable bonds is 7. The number of aromatic nitrogens is 4. The number of nitriles is 1. The zero-order valence-corrected chi connectivity index (χ0v) is 17.0. The SMILES string of the molecule is CC(C)(C)OC(CC(N)=O)Nc1ncc(-n2ccnc2)c(-c2ccc(C#N)cc2)n1. The first-order chi connectivity index (χ1) is 14.2. The van der Waals surface area contributed by atoms with E-state index in [1.54, 1.807) is 41.6 Å². The molecule has 2 heterocycles. The Morgan fingerprint density at radius 2 is 2.07 bits per heavy atom. The maximum atomic E-state index is 11.5. The molecule has 0 fully saturated rings. The molecule has 154 valence electrons. The lowest BCUT2D eigenvalue weighted by molar-refractivity contribution is -0.123. The van der Waals surface area contributed by atoms with Crippen molar-refractivity contribution >= 4 is 11.9 Å². The van der Waals surface area contributed by atoms with Crippen LogP contribution in [-0.4, -0.2) is 37.3 Å². The number of anilines is 1. The van der Waals surface area contributed by atoms with Gasteiger partial charge in [0.25, 0.3) is 0 Å². The Morgan fingerprint density at radius 3 is 2.63 bits per heavy atom. The molecule has 0 aliphatic heterocycles. The lowest BCUT2D eigenvalue weighted by Crippen LogP contribution is -2.36. The molecule has 1 atom stereocenters. The second-order valence-corrected chi connectivity index (χ2v) is 7.62. The van der Waals surface area contributed by atoms with Crippen LogP contribution in [0.1, 0.15) is 32.8 Å². The van der Waals surface area contributed by atoms with Gasteiger partial charge >= 0.3 is 0 Å². The van der Waals surface area contributed by atoms with E-state index in [-0.39, 0.29) is 12.4 Å². The Kier molecular flexibility index (Phi) is 6.09. The lowest BCUT2D eigenvalue weighted by Gasteiger charge is -2.27. The third kappa shape index (κ3) is 5.40. The highest BCUT2D eigenvalue weighted by atomic mass is 16.5. The average molecular weight is 405 g/mol. The molecule has 9 nitrogen and oxygen atoms in total. The van der Waals surface area contributed by atoms with Crippen LogP contribution in [0, 0.1) is 11.3 Å². The van der Waals surface area contributed by atoms with Crippen molar-refractivity contribution in [2.75, 3.05) is 5.32 Å². The highest BCUT2D eigenvalue weighted by Crippen LogP contribution is 2.26. The summed E-state index contributed by atoms with van der Waals surface area (Å²) in [6.07, 6.45) is 6.04. The maximum Gasteiger partial charge on any atom is 0.225 e. The highest BCUT2D eigenvalue weighted by Gasteiger charge is 2.22. The molecule has 0 radical (unpaired) electrons. The predicted molar refractivity (Wildman–Crippen MR) is 111 cm³/mol.